The molecule has 0 N–H and O–H groups in total. The first-order valence-electron chi connectivity index (χ1n) is 9.96. The SMILES string of the molecule is O=C(C[C@H]1CN2CCC1CC2)c1cc2ccc(CC(=O)C3CC3)cc2o1. The van der Waals surface area contributed by atoms with Crippen molar-refractivity contribution in [3.63, 3.8) is 0 Å². The van der Waals surface area contributed by atoms with Crippen molar-refractivity contribution >= 4 is 22.5 Å². The summed E-state index contributed by atoms with van der Waals surface area (Å²) in [4.78, 5) is 27.3. The lowest BCUT2D eigenvalue weighted by molar-refractivity contribution is -0.119. The van der Waals surface area contributed by atoms with Gasteiger partial charge in [-0.25, -0.2) is 0 Å². The van der Waals surface area contributed by atoms with Crippen LogP contribution in [-0.2, 0) is 11.2 Å². The molecule has 1 aromatic heterocycles. The Kier molecular flexibility index (Phi) is 3.96. The third kappa shape index (κ3) is 3.11. The van der Waals surface area contributed by atoms with Gasteiger partial charge in [-0.1, -0.05) is 12.1 Å². The molecule has 4 fully saturated rings. The van der Waals surface area contributed by atoms with Gasteiger partial charge in [-0.05, 0) is 68.3 Å². The van der Waals surface area contributed by atoms with Crippen LogP contribution in [0.1, 0.15) is 48.2 Å². The van der Waals surface area contributed by atoms with Gasteiger partial charge < -0.3 is 9.32 Å². The van der Waals surface area contributed by atoms with Gasteiger partial charge in [0.05, 0.1) is 0 Å². The molecule has 4 nitrogen and oxygen atoms in total. The Morgan fingerprint density at radius 2 is 1.88 bits per heavy atom. The Labute approximate surface area is 153 Å². The van der Waals surface area contributed by atoms with Crippen LogP contribution in [-0.4, -0.2) is 36.1 Å². The van der Waals surface area contributed by atoms with Gasteiger partial charge in [-0.2, -0.15) is 0 Å². The van der Waals surface area contributed by atoms with Crippen molar-refractivity contribution in [3.05, 3.63) is 35.6 Å². The highest BCUT2D eigenvalue weighted by molar-refractivity contribution is 5.98. The van der Waals surface area contributed by atoms with Crippen molar-refractivity contribution in [2.45, 2.75) is 38.5 Å². The number of nitrogens with zero attached hydrogens (tertiary/aromatic N) is 1. The number of piperidine rings is 3. The van der Waals surface area contributed by atoms with Gasteiger partial charge in [0.25, 0.3) is 0 Å². The zero-order valence-electron chi connectivity index (χ0n) is 15.1. The first-order chi connectivity index (χ1) is 12.7. The zero-order valence-corrected chi connectivity index (χ0v) is 15.1. The second-order valence-corrected chi connectivity index (χ2v) is 8.43. The molecule has 6 rings (SSSR count). The number of carbonyl (C=O) groups is 2. The van der Waals surface area contributed by atoms with Gasteiger partial charge in [-0.15, -0.1) is 0 Å². The Bertz CT molecular complexity index is 855. The number of carbonyl (C=O) groups excluding carboxylic acids is 2. The van der Waals surface area contributed by atoms with Gasteiger partial charge in [0, 0.05) is 30.7 Å². The predicted octanol–water partition coefficient (Wildman–Crippen LogP) is 3.87. The number of Topliss-reactive ketones (excluding diaryl/α,β-unsaturated/α-hetero) is 2. The van der Waals surface area contributed by atoms with Crippen LogP contribution in [0.5, 0.6) is 0 Å². The Morgan fingerprint density at radius 3 is 2.58 bits per heavy atom. The second-order valence-electron chi connectivity index (χ2n) is 8.43. The van der Waals surface area contributed by atoms with E-state index in [1.165, 1.54) is 25.9 Å². The van der Waals surface area contributed by atoms with Crippen molar-refractivity contribution in [2.75, 3.05) is 19.6 Å². The Balaban J connectivity index is 1.30. The molecular formula is C22H25NO3. The molecule has 1 aromatic carbocycles. The zero-order chi connectivity index (χ0) is 17.7. The fourth-order valence-corrected chi connectivity index (χ4v) is 4.73. The lowest BCUT2D eigenvalue weighted by atomic mass is 9.76. The van der Waals surface area contributed by atoms with Crippen molar-refractivity contribution < 1.29 is 14.0 Å². The molecule has 4 heterocycles. The number of benzene rings is 1. The molecule has 0 spiro atoms. The van der Waals surface area contributed by atoms with Crippen molar-refractivity contribution in [1.82, 2.24) is 4.90 Å². The molecule has 3 saturated heterocycles. The summed E-state index contributed by atoms with van der Waals surface area (Å²) in [7, 11) is 0. The van der Waals surface area contributed by atoms with Crippen LogP contribution in [0.4, 0.5) is 0 Å². The smallest absolute Gasteiger partial charge is 0.198 e. The molecular weight excluding hydrogens is 326 g/mol. The molecule has 0 radical (unpaired) electrons. The lowest BCUT2D eigenvalue weighted by Crippen LogP contribution is -2.47. The van der Waals surface area contributed by atoms with Crippen LogP contribution in [0, 0.1) is 17.8 Å². The normalized spacial score (nSPS) is 27.8. The maximum absolute atomic E-state index is 12.8. The van der Waals surface area contributed by atoms with Gasteiger partial charge in [0.2, 0.25) is 0 Å². The number of furan rings is 1. The first kappa shape index (κ1) is 16.2. The molecule has 3 aliphatic heterocycles. The van der Waals surface area contributed by atoms with E-state index < -0.39 is 0 Å². The summed E-state index contributed by atoms with van der Waals surface area (Å²) in [6, 6.07) is 7.76. The maximum atomic E-state index is 12.8. The molecule has 2 bridgehead atoms. The highest BCUT2D eigenvalue weighted by Crippen LogP contribution is 2.35. The van der Waals surface area contributed by atoms with Crippen LogP contribution in [0.3, 0.4) is 0 Å². The Morgan fingerprint density at radius 1 is 1.08 bits per heavy atom. The van der Waals surface area contributed by atoms with Gasteiger partial charge >= 0.3 is 0 Å². The largest absolute Gasteiger partial charge is 0.453 e. The lowest BCUT2D eigenvalue weighted by Gasteiger charge is -2.44. The molecule has 136 valence electrons. The fourth-order valence-electron chi connectivity index (χ4n) is 4.73. The summed E-state index contributed by atoms with van der Waals surface area (Å²) in [5, 5.41) is 0.949. The van der Waals surface area contributed by atoms with Gasteiger partial charge in [0.15, 0.2) is 11.5 Å². The van der Waals surface area contributed by atoms with E-state index in [1.807, 2.05) is 24.3 Å². The quantitative estimate of drug-likeness (QED) is 0.742. The number of hydrogen-bond acceptors (Lipinski definition) is 4. The highest BCUT2D eigenvalue weighted by atomic mass is 16.3. The fraction of sp³-hybridized carbons (Fsp3) is 0.545. The molecule has 1 saturated carbocycles. The van der Waals surface area contributed by atoms with E-state index in [-0.39, 0.29) is 11.7 Å². The number of hydrogen-bond donors (Lipinski definition) is 0. The minimum Gasteiger partial charge on any atom is -0.453 e. The molecule has 1 aliphatic carbocycles. The first-order valence-corrected chi connectivity index (χ1v) is 9.96. The molecule has 4 heteroatoms. The summed E-state index contributed by atoms with van der Waals surface area (Å²) in [6.07, 6.45) is 5.62. The summed E-state index contributed by atoms with van der Waals surface area (Å²) in [6.45, 7) is 3.45. The number of ketones is 2. The minimum absolute atomic E-state index is 0.121. The van der Waals surface area contributed by atoms with Crippen molar-refractivity contribution in [3.8, 4) is 0 Å². The Hall–Kier alpha value is -1.94. The summed E-state index contributed by atoms with van der Waals surface area (Å²) in [5.41, 5.74) is 1.71. The number of fused-ring (bicyclic) bond motifs is 4. The molecule has 0 unspecified atom stereocenters. The average Bonchev–Trinajstić information content (AvgIpc) is 3.42. The van der Waals surface area contributed by atoms with Crippen molar-refractivity contribution in [1.29, 1.82) is 0 Å². The topological polar surface area (TPSA) is 50.5 Å². The van der Waals surface area contributed by atoms with Crippen LogP contribution in [0.15, 0.2) is 28.7 Å². The van der Waals surface area contributed by atoms with Crippen LogP contribution in [0.2, 0.25) is 0 Å². The molecule has 4 aliphatic rings. The van der Waals surface area contributed by atoms with Gasteiger partial charge in [0.1, 0.15) is 11.4 Å². The average molecular weight is 351 g/mol. The highest BCUT2D eigenvalue weighted by Gasteiger charge is 2.35. The molecule has 26 heavy (non-hydrogen) atoms. The maximum Gasteiger partial charge on any atom is 0.198 e. The minimum atomic E-state index is 0.121. The molecule has 0 amide bonds. The standard InChI is InChI=1S/C22H25NO3/c24-19(16-3-4-16)9-14-1-2-17-12-22(26-21(17)10-14)20(25)11-18-13-23-7-5-15(18)6-8-23/h1-2,10,12,15-16,18H,3-9,11,13H2/t18-/m0/s1. The van der Waals surface area contributed by atoms with Crippen LogP contribution in [0.25, 0.3) is 11.0 Å². The van der Waals surface area contributed by atoms with E-state index >= 15 is 0 Å². The molecule has 1 atom stereocenters. The predicted molar refractivity (Wildman–Crippen MR) is 99.3 cm³/mol. The van der Waals surface area contributed by atoms with Gasteiger partial charge in [-0.3, -0.25) is 9.59 Å². The summed E-state index contributed by atoms with van der Waals surface area (Å²) < 4.78 is 5.88. The second kappa shape index (κ2) is 6.34. The van der Waals surface area contributed by atoms with Crippen LogP contribution >= 0.6 is 0 Å². The monoisotopic (exact) mass is 351 g/mol. The van der Waals surface area contributed by atoms with E-state index in [0.717, 1.165) is 35.9 Å². The van der Waals surface area contributed by atoms with E-state index in [0.29, 0.717) is 36.2 Å². The summed E-state index contributed by atoms with van der Waals surface area (Å²) >= 11 is 0. The molecule has 2 aromatic rings. The van der Waals surface area contributed by atoms with E-state index in [2.05, 4.69) is 4.90 Å². The number of rotatable bonds is 6. The third-order valence-electron chi connectivity index (χ3n) is 6.51. The van der Waals surface area contributed by atoms with E-state index in [4.69, 9.17) is 4.42 Å². The summed E-state index contributed by atoms with van der Waals surface area (Å²) in [5.74, 6) is 2.38. The van der Waals surface area contributed by atoms with E-state index in [9.17, 15) is 9.59 Å². The van der Waals surface area contributed by atoms with E-state index in [1.54, 1.807) is 0 Å². The third-order valence-corrected chi connectivity index (χ3v) is 6.51. The van der Waals surface area contributed by atoms with Crippen molar-refractivity contribution in [2.24, 2.45) is 17.8 Å². The van der Waals surface area contributed by atoms with Crippen LogP contribution < -0.4 is 0 Å².